The fraction of sp³-hybridized carbons (Fsp3) is 0.308. The zero-order valence-corrected chi connectivity index (χ0v) is 12.0. The van der Waals surface area contributed by atoms with Crippen LogP contribution >= 0.6 is 27.3 Å². The van der Waals surface area contributed by atoms with Crippen molar-refractivity contribution < 1.29 is 5.11 Å². The highest BCUT2D eigenvalue weighted by Crippen LogP contribution is 2.23. The summed E-state index contributed by atoms with van der Waals surface area (Å²) in [6.45, 7) is 1.99. The second-order valence-corrected chi connectivity index (χ2v) is 5.85. The Bertz CT molecular complexity index is 498. The Morgan fingerprint density at radius 3 is 2.94 bits per heavy atom. The Kier molecular flexibility index (Phi) is 4.31. The van der Waals surface area contributed by atoms with Crippen LogP contribution in [-0.4, -0.2) is 10.1 Å². The molecule has 4 heteroatoms. The summed E-state index contributed by atoms with van der Waals surface area (Å²) in [5, 5.41) is 13.2. The lowest BCUT2D eigenvalue weighted by molar-refractivity contribution is 0.167. The SMILES string of the molecule is Cc1csc(CCC(O)c2cccc(Br)c2)n1. The summed E-state index contributed by atoms with van der Waals surface area (Å²) in [7, 11) is 0. The lowest BCUT2D eigenvalue weighted by atomic mass is 10.1. The molecule has 0 fully saturated rings. The van der Waals surface area contributed by atoms with Gasteiger partial charge in [0.05, 0.1) is 11.1 Å². The number of hydrogen-bond acceptors (Lipinski definition) is 3. The van der Waals surface area contributed by atoms with Crippen molar-refractivity contribution in [2.45, 2.75) is 25.9 Å². The van der Waals surface area contributed by atoms with Gasteiger partial charge in [-0.25, -0.2) is 4.98 Å². The van der Waals surface area contributed by atoms with Crippen LogP contribution in [0.5, 0.6) is 0 Å². The Hall–Kier alpha value is -0.710. The number of thiazole rings is 1. The molecule has 1 N–H and O–H groups in total. The number of nitrogens with zero attached hydrogens (tertiary/aromatic N) is 1. The Balaban J connectivity index is 1.95. The monoisotopic (exact) mass is 311 g/mol. The van der Waals surface area contributed by atoms with Gasteiger partial charge in [0.25, 0.3) is 0 Å². The van der Waals surface area contributed by atoms with E-state index in [1.165, 1.54) is 0 Å². The first-order valence-electron chi connectivity index (χ1n) is 5.49. The van der Waals surface area contributed by atoms with Crippen LogP contribution in [-0.2, 0) is 6.42 Å². The lowest BCUT2D eigenvalue weighted by Gasteiger charge is -2.10. The summed E-state index contributed by atoms with van der Waals surface area (Å²) in [4.78, 5) is 4.39. The first-order valence-corrected chi connectivity index (χ1v) is 7.17. The molecular formula is C13H14BrNOS. The van der Waals surface area contributed by atoms with Crippen LogP contribution in [0.2, 0.25) is 0 Å². The first kappa shape index (κ1) is 12.7. The quantitative estimate of drug-likeness (QED) is 0.929. The van der Waals surface area contributed by atoms with Crippen LogP contribution < -0.4 is 0 Å². The molecule has 0 radical (unpaired) electrons. The summed E-state index contributed by atoms with van der Waals surface area (Å²) < 4.78 is 0.999. The molecule has 0 aliphatic rings. The van der Waals surface area contributed by atoms with Crippen molar-refractivity contribution in [3.8, 4) is 0 Å². The summed E-state index contributed by atoms with van der Waals surface area (Å²) in [5.41, 5.74) is 2.01. The molecule has 0 saturated carbocycles. The zero-order chi connectivity index (χ0) is 12.3. The summed E-state index contributed by atoms with van der Waals surface area (Å²) in [6.07, 6.45) is 1.12. The molecule has 0 bridgehead atoms. The molecule has 2 nitrogen and oxygen atoms in total. The topological polar surface area (TPSA) is 33.1 Å². The van der Waals surface area contributed by atoms with E-state index in [1.54, 1.807) is 11.3 Å². The number of hydrogen-bond donors (Lipinski definition) is 1. The molecule has 2 rings (SSSR count). The van der Waals surface area contributed by atoms with Crippen molar-refractivity contribution in [2.75, 3.05) is 0 Å². The standard InChI is InChI=1S/C13H14BrNOS/c1-9-8-17-13(15-9)6-5-12(16)10-3-2-4-11(14)7-10/h2-4,7-8,12,16H,5-6H2,1H3. The average Bonchev–Trinajstić information content (AvgIpc) is 2.72. The molecule has 1 aromatic carbocycles. The van der Waals surface area contributed by atoms with Crippen LogP contribution in [0.15, 0.2) is 34.1 Å². The van der Waals surface area contributed by atoms with Crippen LogP contribution in [0, 0.1) is 6.92 Å². The van der Waals surface area contributed by atoms with E-state index in [0.717, 1.165) is 27.2 Å². The Labute approximate surface area is 113 Å². The lowest BCUT2D eigenvalue weighted by Crippen LogP contribution is -1.99. The van der Waals surface area contributed by atoms with E-state index >= 15 is 0 Å². The minimum atomic E-state index is -0.420. The van der Waals surface area contributed by atoms with Gasteiger partial charge in [-0.2, -0.15) is 0 Å². The van der Waals surface area contributed by atoms with E-state index in [-0.39, 0.29) is 0 Å². The van der Waals surface area contributed by atoms with E-state index in [2.05, 4.69) is 20.9 Å². The van der Waals surface area contributed by atoms with Crippen molar-refractivity contribution in [1.29, 1.82) is 0 Å². The third-order valence-corrected chi connectivity index (χ3v) is 4.05. The van der Waals surface area contributed by atoms with Gasteiger partial charge in [0.2, 0.25) is 0 Å². The largest absolute Gasteiger partial charge is 0.388 e. The number of halogens is 1. The summed E-state index contributed by atoms with van der Waals surface area (Å²) >= 11 is 5.07. The molecule has 0 amide bonds. The van der Waals surface area contributed by atoms with Crippen LogP contribution in [0.4, 0.5) is 0 Å². The number of aliphatic hydroxyl groups excluding tert-OH is 1. The average molecular weight is 312 g/mol. The fourth-order valence-corrected chi connectivity index (χ4v) is 2.87. The van der Waals surface area contributed by atoms with Gasteiger partial charge >= 0.3 is 0 Å². The maximum absolute atomic E-state index is 10.1. The van der Waals surface area contributed by atoms with Crippen LogP contribution in [0.25, 0.3) is 0 Å². The van der Waals surface area contributed by atoms with E-state index in [9.17, 15) is 5.11 Å². The maximum Gasteiger partial charge on any atom is 0.0929 e. The highest BCUT2D eigenvalue weighted by atomic mass is 79.9. The van der Waals surface area contributed by atoms with Gasteiger partial charge < -0.3 is 5.11 Å². The third-order valence-electron chi connectivity index (χ3n) is 2.53. The van der Waals surface area contributed by atoms with Gasteiger partial charge in [0.1, 0.15) is 0 Å². The number of aryl methyl sites for hydroxylation is 2. The molecule has 0 spiro atoms. The molecule has 90 valence electrons. The van der Waals surface area contributed by atoms with Gasteiger partial charge in [0.15, 0.2) is 0 Å². The van der Waals surface area contributed by atoms with Gasteiger partial charge in [-0.1, -0.05) is 28.1 Å². The molecule has 0 aliphatic heterocycles. The number of benzene rings is 1. The predicted molar refractivity (Wildman–Crippen MR) is 74.3 cm³/mol. The van der Waals surface area contributed by atoms with Gasteiger partial charge in [-0.15, -0.1) is 11.3 Å². The van der Waals surface area contributed by atoms with E-state index < -0.39 is 6.10 Å². The molecule has 0 aliphatic carbocycles. The minimum absolute atomic E-state index is 0.420. The summed E-state index contributed by atoms with van der Waals surface area (Å²) in [5.74, 6) is 0. The van der Waals surface area contributed by atoms with Gasteiger partial charge in [0, 0.05) is 22.0 Å². The molecular weight excluding hydrogens is 298 g/mol. The predicted octanol–water partition coefficient (Wildman–Crippen LogP) is 3.88. The van der Waals surface area contributed by atoms with Crippen molar-refractivity contribution in [2.24, 2.45) is 0 Å². The van der Waals surface area contributed by atoms with Crippen LogP contribution in [0.3, 0.4) is 0 Å². The van der Waals surface area contributed by atoms with Crippen LogP contribution in [0.1, 0.15) is 28.8 Å². The Morgan fingerprint density at radius 1 is 1.47 bits per heavy atom. The molecule has 2 aromatic rings. The third kappa shape index (κ3) is 3.63. The number of rotatable bonds is 4. The zero-order valence-electron chi connectivity index (χ0n) is 9.56. The van der Waals surface area contributed by atoms with Gasteiger partial charge in [-0.05, 0) is 31.0 Å². The smallest absolute Gasteiger partial charge is 0.0929 e. The first-order chi connectivity index (χ1) is 8.15. The highest BCUT2D eigenvalue weighted by molar-refractivity contribution is 9.10. The minimum Gasteiger partial charge on any atom is -0.388 e. The van der Waals surface area contributed by atoms with E-state index in [0.29, 0.717) is 6.42 Å². The van der Waals surface area contributed by atoms with E-state index in [4.69, 9.17) is 0 Å². The Morgan fingerprint density at radius 2 is 2.29 bits per heavy atom. The molecule has 1 atom stereocenters. The van der Waals surface area contributed by atoms with E-state index in [1.807, 2.05) is 36.6 Å². The second kappa shape index (κ2) is 5.76. The summed E-state index contributed by atoms with van der Waals surface area (Å²) in [6, 6.07) is 7.80. The molecule has 1 unspecified atom stereocenters. The molecule has 1 heterocycles. The van der Waals surface area contributed by atoms with Gasteiger partial charge in [-0.3, -0.25) is 0 Å². The fourth-order valence-electron chi connectivity index (χ4n) is 1.66. The molecule has 17 heavy (non-hydrogen) atoms. The van der Waals surface area contributed by atoms with Crippen molar-refractivity contribution in [1.82, 2.24) is 4.98 Å². The second-order valence-electron chi connectivity index (χ2n) is 3.99. The normalized spacial score (nSPS) is 12.6. The molecule has 0 saturated heterocycles. The number of aliphatic hydroxyl groups is 1. The maximum atomic E-state index is 10.1. The molecule has 1 aromatic heterocycles. The van der Waals surface area contributed by atoms with Crippen molar-refractivity contribution >= 4 is 27.3 Å². The van der Waals surface area contributed by atoms with Crippen molar-refractivity contribution in [3.05, 3.63) is 50.4 Å². The highest BCUT2D eigenvalue weighted by Gasteiger charge is 2.09. The number of aromatic nitrogens is 1. The van der Waals surface area contributed by atoms with Crippen molar-refractivity contribution in [3.63, 3.8) is 0 Å².